The molecule has 2 N–H and O–H groups in total. The van der Waals surface area contributed by atoms with Crippen LogP contribution < -0.4 is 5.73 Å². The zero-order valence-electron chi connectivity index (χ0n) is 11.0. The van der Waals surface area contributed by atoms with Crippen molar-refractivity contribution in [2.24, 2.45) is 5.73 Å². The highest BCUT2D eigenvalue weighted by Gasteiger charge is 2.37. The number of para-hydroxylation sites is 1. The van der Waals surface area contributed by atoms with Gasteiger partial charge >= 0.3 is 0 Å². The molecule has 1 aromatic carbocycles. The van der Waals surface area contributed by atoms with E-state index in [1.54, 1.807) is 6.07 Å². The number of nitrogens with zero attached hydrogens (tertiary/aromatic N) is 2. The molecule has 5 heteroatoms. The van der Waals surface area contributed by atoms with E-state index in [-0.39, 0.29) is 5.82 Å². The average molecular weight is 263 g/mol. The van der Waals surface area contributed by atoms with Crippen LogP contribution in [0.2, 0.25) is 0 Å². The minimum Gasteiger partial charge on any atom is -0.379 e. The van der Waals surface area contributed by atoms with Crippen LogP contribution in [0.3, 0.4) is 0 Å². The van der Waals surface area contributed by atoms with E-state index in [1.807, 2.05) is 10.6 Å². The summed E-state index contributed by atoms with van der Waals surface area (Å²) < 4.78 is 21.3. The second kappa shape index (κ2) is 4.58. The molecule has 3 rings (SSSR count). The molecule has 1 aromatic heterocycles. The molecule has 1 saturated heterocycles. The molecule has 2 heterocycles. The Kier molecular flexibility index (Phi) is 3.03. The van der Waals surface area contributed by atoms with Crippen molar-refractivity contribution in [3.63, 3.8) is 0 Å². The zero-order valence-corrected chi connectivity index (χ0v) is 11.0. The third-order valence-electron chi connectivity index (χ3n) is 3.67. The minimum absolute atomic E-state index is 0.295. The zero-order chi connectivity index (χ0) is 13.5. The number of benzene rings is 1. The van der Waals surface area contributed by atoms with Gasteiger partial charge in [0, 0.05) is 13.2 Å². The highest BCUT2D eigenvalue weighted by molar-refractivity contribution is 5.77. The first-order chi connectivity index (χ1) is 9.15. The number of nitrogens with two attached hydrogens (primary N) is 1. The third kappa shape index (κ3) is 1.93. The van der Waals surface area contributed by atoms with Crippen LogP contribution in [0, 0.1) is 5.82 Å². The maximum Gasteiger partial charge on any atom is 0.151 e. The van der Waals surface area contributed by atoms with Gasteiger partial charge in [-0.05, 0) is 25.0 Å². The predicted molar refractivity (Wildman–Crippen MR) is 71.3 cm³/mol. The summed E-state index contributed by atoms with van der Waals surface area (Å²) >= 11 is 0. The Bertz CT molecular complexity index is 602. The molecule has 0 bridgehead atoms. The van der Waals surface area contributed by atoms with Gasteiger partial charge in [0.05, 0.1) is 12.1 Å². The second-order valence-corrected chi connectivity index (χ2v) is 5.15. The van der Waals surface area contributed by atoms with Gasteiger partial charge in [-0.25, -0.2) is 9.37 Å². The van der Waals surface area contributed by atoms with Crippen molar-refractivity contribution in [3.05, 3.63) is 29.8 Å². The number of ether oxygens (including phenoxy) is 1. The van der Waals surface area contributed by atoms with Crippen molar-refractivity contribution >= 4 is 11.0 Å². The van der Waals surface area contributed by atoms with Crippen LogP contribution in [0.4, 0.5) is 4.39 Å². The van der Waals surface area contributed by atoms with Crippen molar-refractivity contribution in [2.45, 2.75) is 31.8 Å². The molecule has 1 aliphatic heterocycles. The fraction of sp³-hybridized carbons (Fsp3) is 0.500. The molecule has 1 aliphatic rings. The summed E-state index contributed by atoms with van der Waals surface area (Å²) in [4.78, 5) is 4.47. The summed E-state index contributed by atoms with van der Waals surface area (Å²) in [7, 11) is 0. The van der Waals surface area contributed by atoms with Crippen LogP contribution in [-0.2, 0) is 16.8 Å². The summed E-state index contributed by atoms with van der Waals surface area (Å²) in [6.45, 7) is 3.95. The van der Waals surface area contributed by atoms with Gasteiger partial charge in [0.1, 0.15) is 16.9 Å². The van der Waals surface area contributed by atoms with Crippen LogP contribution in [0.1, 0.15) is 25.6 Å². The molecule has 4 nitrogen and oxygen atoms in total. The number of halogens is 1. The van der Waals surface area contributed by atoms with E-state index in [2.05, 4.69) is 11.9 Å². The van der Waals surface area contributed by atoms with Gasteiger partial charge in [-0.1, -0.05) is 13.0 Å². The maximum absolute atomic E-state index is 13.9. The van der Waals surface area contributed by atoms with E-state index in [4.69, 9.17) is 10.5 Å². The predicted octanol–water partition coefficient (Wildman–Crippen LogP) is 2.16. The quantitative estimate of drug-likeness (QED) is 0.923. The van der Waals surface area contributed by atoms with Crippen LogP contribution in [0.25, 0.3) is 11.0 Å². The highest BCUT2D eigenvalue weighted by Crippen LogP contribution is 2.31. The van der Waals surface area contributed by atoms with Gasteiger partial charge in [0.25, 0.3) is 0 Å². The maximum atomic E-state index is 13.9. The Morgan fingerprint density at radius 3 is 3.05 bits per heavy atom. The lowest BCUT2D eigenvalue weighted by atomic mass is 9.99. The summed E-state index contributed by atoms with van der Waals surface area (Å²) in [5.41, 5.74) is 7.02. The average Bonchev–Trinajstić information content (AvgIpc) is 2.97. The van der Waals surface area contributed by atoms with Gasteiger partial charge < -0.3 is 15.0 Å². The molecule has 0 amide bonds. The van der Waals surface area contributed by atoms with Gasteiger partial charge in [-0.15, -0.1) is 0 Å². The first kappa shape index (κ1) is 12.6. The third-order valence-corrected chi connectivity index (χ3v) is 3.67. The van der Waals surface area contributed by atoms with Crippen molar-refractivity contribution in [1.29, 1.82) is 0 Å². The van der Waals surface area contributed by atoms with Crippen molar-refractivity contribution in [2.75, 3.05) is 13.2 Å². The molecular formula is C14H18FN3O. The number of fused-ring (bicyclic) bond motifs is 1. The molecule has 19 heavy (non-hydrogen) atoms. The van der Waals surface area contributed by atoms with Crippen LogP contribution in [0.5, 0.6) is 0 Å². The van der Waals surface area contributed by atoms with Crippen molar-refractivity contribution in [3.8, 4) is 0 Å². The van der Waals surface area contributed by atoms with E-state index in [1.165, 1.54) is 6.07 Å². The summed E-state index contributed by atoms with van der Waals surface area (Å²) in [6.07, 6.45) is 1.67. The standard InChI is InChI=1S/C14H18FN3O/c1-2-7-18-11-5-3-4-10(15)12(11)17-13(18)14(16)6-8-19-9-14/h3-5H,2,6-9,16H2,1H3. The van der Waals surface area contributed by atoms with Crippen molar-refractivity contribution < 1.29 is 9.13 Å². The molecule has 1 atom stereocenters. The number of hydrogen-bond donors (Lipinski definition) is 1. The molecule has 102 valence electrons. The number of rotatable bonds is 3. The molecule has 0 spiro atoms. The number of hydrogen-bond acceptors (Lipinski definition) is 3. The number of imidazole rings is 1. The molecule has 1 unspecified atom stereocenters. The normalized spacial score (nSPS) is 23.3. The monoisotopic (exact) mass is 263 g/mol. The number of aromatic nitrogens is 2. The largest absolute Gasteiger partial charge is 0.379 e. The Labute approximate surface area is 111 Å². The highest BCUT2D eigenvalue weighted by atomic mass is 19.1. The molecule has 1 fully saturated rings. The van der Waals surface area contributed by atoms with E-state index in [0.29, 0.717) is 18.7 Å². The fourth-order valence-electron chi connectivity index (χ4n) is 2.70. The number of aryl methyl sites for hydroxylation is 1. The summed E-state index contributed by atoms with van der Waals surface area (Å²) in [5.74, 6) is 0.447. The van der Waals surface area contributed by atoms with Crippen molar-refractivity contribution in [1.82, 2.24) is 9.55 Å². The topological polar surface area (TPSA) is 53.1 Å². The smallest absolute Gasteiger partial charge is 0.151 e. The van der Waals surface area contributed by atoms with Gasteiger partial charge in [-0.2, -0.15) is 0 Å². The van der Waals surface area contributed by atoms with E-state index in [9.17, 15) is 4.39 Å². The van der Waals surface area contributed by atoms with E-state index >= 15 is 0 Å². The fourth-order valence-corrected chi connectivity index (χ4v) is 2.70. The van der Waals surface area contributed by atoms with Gasteiger partial charge in [0.15, 0.2) is 5.82 Å². The lowest BCUT2D eigenvalue weighted by Gasteiger charge is -2.22. The molecular weight excluding hydrogens is 245 g/mol. The molecule has 0 radical (unpaired) electrons. The minimum atomic E-state index is -0.597. The Balaban J connectivity index is 2.22. The second-order valence-electron chi connectivity index (χ2n) is 5.15. The molecule has 2 aromatic rings. The van der Waals surface area contributed by atoms with Gasteiger partial charge in [0.2, 0.25) is 0 Å². The SMILES string of the molecule is CCCn1c(C2(N)CCOC2)nc2c(F)cccc21. The van der Waals surface area contributed by atoms with E-state index < -0.39 is 5.54 Å². The van der Waals surface area contributed by atoms with E-state index in [0.717, 1.165) is 30.7 Å². The van der Waals surface area contributed by atoms with Gasteiger partial charge in [-0.3, -0.25) is 0 Å². The van der Waals surface area contributed by atoms with Crippen LogP contribution in [-0.4, -0.2) is 22.8 Å². The Morgan fingerprint density at radius 2 is 2.37 bits per heavy atom. The van der Waals surface area contributed by atoms with Crippen LogP contribution in [0.15, 0.2) is 18.2 Å². The molecule has 0 saturated carbocycles. The first-order valence-corrected chi connectivity index (χ1v) is 6.67. The lowest BCUT2D eigenvalue weighted by molar-refractivity contribution is 0.175. The lowest BCUT2D eigenvalue weighted by Crippen LogP contribution is -2.40. The summed E-state index contributed by atoms with van der Waals surface area (Å²) in [5, 5.41) is 0. The summed E-state index contributed by atoms with van der Waals surface area (Å²) in [6, 6.07) is 5.04. The Morgan fingerprint density at radius 1 is 1.53 bits per heavy atom. The molecule has 0 aliphatic carbocycles. The van der Waals surface area contributed by atoms with Crippen LogP contribution >= 0.6 is 0 Å². The first-order valence-electron chi connectivity index (χ1n) is 6.67. The Hall–Kier alpha value is -1.46.